The molecule has 0 bridgehead atoms. The van der Waals surface area contributed by atoms with Crippen LogP contribution in [0.15, 0.2) is 37.4 Å². The molecule has 0 spiro atoms. The van der Waals surface area contributed by atoms with Gasteiger partial charge >= 0.3 is 0 Å². The van der Waals surface area contributed by atoms with Crippen LogP contribution in [0.1, 0.15) is 17.5 Å². The molecule has 110 valence electrons. The van der Waals surface area contributed by atoms with E-state index in [-0.39, 0.29) is 0 Å². The van der Waals surface area contributed by atoms with E-state index in [0.717, 1.165) is 54.6 Å². The van der Waals surface area contributed by atoms with Gasteiger partial charge in [-0.3, -0.25) is 0 Å². The molecule has 0 aliphatic heterocycles. The number of quaternary nitrogens is 1. The minimum absolute atomic E-state index is 0.722. The second kappa shape index (κ2) is 8.83. The molecule has 3 heteroatoms. The van der Waals surface area contributed by atoms with Gasteiger partial charge in [0.25, 0.3) is 0 Å². The van der Waals surface area contributed by atoms with Crippen molar-refractivity contribution in [2.24, 2.45) is 0 Å². The second-order valence-corrected chi connectivity index (χ2v) is 5.39. The Morgan fingerprint density at radius 2 is 1.80 bits per heavy atom. The molecule has 1 N–H and O–H groups in total. The Labute approximate surface area is 127 Å². The van der Waals surface area contributed by atoms with Crippen LogP contribution in [-0.2, 0) is 0 Å². The summed E-state index contributed by atoms with van der Waals surface area (Å²) in [5.74, 6) is 0.931. The summed E-state index contributed by atoms with van der Waals surface area (Å²) >= 11 is 6.08. The van der Waals surface area contributed by atoms with Crippen LogP contribution in [0.5, 0.6) is 5.75 Å². The summed E-state index contributed by atoms with van der Waals surface area (Å²) in [4.78, 5) is 1.46. The minimum Gasteiger partial charge on any atom is -0.493 e. The van der Waals surface area contributed by atoms with E-state index in [1.807, 2.05) is 38.1 Å². The van der Waals surface area contributed by atoms with Crippen LogP contribution < -0.4 is 9.64 Å². The third kappa shape index (κ3) is 5.03. The molecule has 0 radical (unpaired) electrons. The van der Waals surface area contributed by atoms with Crippen molar-refractivity contribution in [1.29, 1.82) is 0 Å². The molecule has 1 rings (SSSR count). The summed E-state index contributed by atoms with van der Waals surface area (Å²) in [6.07, 6.45) is 4.91. The van der Waals surface area contributed by atoms with Gasteiger partial charge < -0.3 is 9.64 Å². The SMILES string of the molecule is C=CC[NH+](CC=C)CCCOc1ccc(Cl)c(C)c1C. The van der Waals surface area contributed by atoms with Crippen molar-refractivity contribution in [3.8, 4) is 5.75 Å². The van der Waals surface area contributed by atoms with Crippen LogP contribution in [-0.4, -0.2) is 26.2 Å². The van der Waals surface area contributed by atoms with E-state index in [4.69, 9.17) is 16.3 Å². The lowest BCUT2D eigenvalue weighted by Crippen LogP contribution is -3.11. The van der Waals surface area contributed by atoms with Crippen molar-refractivity contribution in [2.75, 3.05) is 26.2 Å². The standard InChI is InChI=1S/C17H24ClNO/c1-5-10-19(11-6-2)12-7-13-20-17-9-8-16(18)14(3)15(17)4/h5-6,8-9H,1-2,7,10-13H2,3-4H3/p+1. The van der Waals surface area contributed by atoms with Crippen LogP contribution >= 0.6 is 11.6 Å². The van der Waals surface area contributed by atoms with Crippen molar-refractivity contribution in [1.82, 2.24) is 0 Å². The van der Waals surface area contributed by atoms with E-state index >= 15 is 0 Å². The van der Waals surface area contributed by atoms with Gasteiger partial charge in [0, 0.05) is 11.4 Å². The molecule has 0 atom stereocenters. The van der Waals surface area contributed by atoms with Gasteiger partial charge in [-0.1, -0.05) is 24.8 Å². The summed E-state index contributed by atoms with van der Waals surface area (Å²) in [6.45, 7) is 15.3. The molecular weight excluding hydrogens is 270 g/mol. The molecule has 0 saturated heterocycles. The van der Waals surface area contributed by atoms with Gasteiger partial charge in [0.05, 0.1) is 26.2 Å². The maximum absolute atomic E-state index is 6.08. The van der Waals surface area contributed by atoms with Crippen molar-refractivity contribution in [3.63, 3.8) is 0 Å². The smallest absolute Gasteiger partial charge is 0.122 e. The molecule has 2 nitrogen and oxygen atoms in total. The van der Waals surface area contributed by atoms with Crippen LogP contribution in [0.3, 0.4) is 0 Å². The Balaban J connectivity index is 2.42. The summed E-state index contributed by atoms with van der Waals surface area (Å²) in [5.41, 5.74) is 2.22. The van der Waals surface area contributed by atoms with Crippen molar-refractivity contribution >= 4 is 11.6 Å². The predicted octanol–water partition coefficient (Wildman–Crippen LogP) is 2.98. The zero-order chi connectivity index (χ0) is 15.0. The van der Waals surface area contributed by atoms with Gasteiger partial charge in [-0.2, -0.15) is 0 Å². The van der Waals surface area contributed by atoms with Crippen molar-refractivity contribution in [3.05, 3.63) is 53.6 Å². The molecule has 0 fully saturated rings. The average molecular weight is 295 g/mol. The Morgan fingerprint density at radius 1 is 1.15 bits per heavy atom. The maximum Gasteiger partial charge on any atom is 0.122 e. The fourth-order valence-corrected chi connectivity index (χ4v) is 2.32. The van der Waals surface area contributed by atoms with E-state index in [2.05, 4.69) is 13.2 Å². The summed E-state index contributed by atoms with van der Waals surface area (Å²) < 4.78 is 5.86. The number of benzene rings is 1. The van der Waals surface area contributed by atoms with E-state index < -0.39 is 0 Å². The highest BCUT2D eigenvalue weighted by Gasteiger charge is 2.07. The molecule has 0 aliphatic rings. The Kier molecular flexibility index (Phi) is 7.42. The minimum atomic E-state index is 0.722. The summed E-state index contributed by atoms with van der Waals surface area (Å²) in [7, 11) is 0. The fourth-order valence-electron chi connectivity index (χ4n) is 2.12. The Morgan fingerprint density at radius 3 is 2.40 bits per heavy atom. The first kappa shape index (κ1) is 16.8. The van der Waals surface area contributed by atoms with Crippen molar-refractivity contribution in [2.45, 2.75) is 20.3 Å². The van der Waals surface area contributed by atoms with Crippen LogP contribution in [0.25, 0.3) is 0 Å². The third-order valence-corrected chi connectivity index (χ3v) is 3.88. The van der Waals surface area contributed by atoms with Crippen LogP contribution in [0, 0.1) is 13.8 Å². The predicted molar refractivity (Wildman–Crippen MR) is 87.0 cm³/mol. The molecule has 1 aromatic carbocycles. The first-order chi connectivity index (χ1) is 9.60. The number of nitrogens with one attached hydrogen (secondary N) is 1. The highest BCUT2D eigenvalue weighted by atomic mass is 35.5. The first-order valence-electron chi connectivity index (χ1n) is 7.04. The lowest BCUT2D eigenvalue weighted by Gasteiger charge is -2.16. The van der Waals surface area contributed by atoms with Gasteiger partial charge in [0.2, 0.25) is 0 Å². The molecule has 20 heavy (non-hydrogen) atoms. The molecule has 0 saturated carbocycles. The van der Waals surface area contributed by atoms with Gasteiger partial charge in [-0.15, -0.1) is 0 Å². The zero-order valence-electron chi connectivity index (χ0n) is 12.5. The topological polar surface area (TPSA) is 13.7 Å². The highest BCUT2D eigenvalue weighted by molar-refractivity contribution is 6.31. The summed E-state index contributed by atoms with van der Waals surface area (Å²) in [6, 6.07) is 3.84. The summed E-state index contributed by atoms with van der Waals surface area (Å²) in [5, 5.41) is 0.794. The molecule has 0 amide bonds. The Hall–Kier alpha value is -1.25. The highest BCUT2D eigenvalue weighted by Crippen LogP contribution is 2.27. The van der Waals surface area contributed by atoms with E-state index in [9.17, 15) is 0 Å². The molecule has 1 aromatic rings. The number of hydrogen-bond donors (Lipinski definition) is 1. The first-order valence-corrected chi connectivity index (χ1v) is 7.41. The van der Waals surface area contributed by atoms with E-state index in [0.29, 0.717) is 0 Å². The average Bonchev–Trinajstić information content (AvgIpc) is 2.43. The Bertz CT molecular complexity index is 447. The van der Waals surface area contributed by atoms with E-state index in [1.165, 1.54) is 4.90 Å². The lowest BCUT2D eigenvalue weighted by atomic mass is 10.1. The molecular formula is C17H25ClNO+. The number of halogens is 1. The molecule has 0 aliphatic carbocycles. The van der Waals surface area contributed by atoms with Crippen LogP contribution in [0.2, 0.25) is 5.02 Å². The van der Waals surface area contributed by atoms with Gasteiger partial charge in [0.1, 0.15) is 5.75 Å². The lowest BCUT2D eigenvalue weighted by molar-refractivity contribution is -0.888. The molecule has 0 aromatic heterocycles. The van der Waals surface area contributed by atoms with E-state index in [1.54, 1.807) is 0 Å². The second-order valence-electron chi connectivity index (χ2n) is 4.98. The number of hydrogen-bond acceptors (Lipinski definition) is 1. The maximum atomic E-state index is 6.08. The molecule has 0 heterocycles. The number of rotatable bonds is 9. The monoisotopic (exact) mass is 294 g/mol. The van der Waals surface area contributed by atoms with Gasteiger partial charge in [0.15, 0.2) is 0 Å². The normalized spacial score (nSPS) is 10.6. The van der Waals surface area contributed by atoms with Gasteiger partial charge in [-0.25, -0.2) is 0 Å². The number of ether oxygens (including phenoxy) is 1. The van der Waals surface area contributed by atoms with Crippen LogP contribution in [0.4, 0.5) is 0 Å². The largest absolute Gasteiger partial charge is 0.493 e. The van der Waals surface area contributed by atoms with Crippen molar-refractivity contribution < 1.29 is 9.64 Å². The zero-order valence-corrected chi connectivity index (χ0v) is 13.3. The third-order valence-electron chi connectivity index (χ3n) is 3.47. The van der Waals surface area contributed by atoms with Gasteiger partial charge in [-0.05, 0) is 49.3 Å². The fraction of sp³-hybridized carbons (Fsp3) is 0.412. The quantitative estimate of drug-likeness (QED) is 0.546. The molecule has 0 unspecified atom stereocenters.